The van der Waals surface area contributed by atoms with Crippen LogP contribution in [0, 0.1) is 0 Å². The van der Waals surface area contributed by atoms with Gasteiger partial charge in [0.05, 0.1) is 18.9 Å². The fourth-order valence-electron chi connectivity index (χ4n) is 5.93. The summed E-state index contributed by atoms with van der Waals surface area (Å²) in [5.41, 5.74) is 6.19. The molecule has 204 valence electrons. The number of nitrogens with zero attached hydrogens (tertiary/aromatic N) is 4. The molecule has 0 radical (unpaired) electrons. The molecular weight excluding hydrogens is 498 g/mol. The smallest absolute Gasteiger partial charge is 0.274 e. The van der Waals surface area contributed by atoms with E-state index in [1.807, 2.05) is 18.2 Å². The van der Waals surface area contributed by atoms with Crippen LogP contribution in [-0.2, 0) is 22.5 Å². The molecule has 2 aromatic carbocycles. The lowest BCUT2D eigenvalue weighted by Gasteiger charge is -2.31. The lowest BCUT2D eigenvalue weighted by Crippen LogP contribution is -2.38. The molecule has 0 aliphatic carbocycles. The summed E-state index contributed by atoms with van der Waals surface area (Å²) in [7, 11) is 1.78. The number of morpholine rings is 1. The number of hydrogen-bond acceptors (Lipinski definition) is 7. The summed E-state index contributed by atoms with van der Waals surface area (Å²) in [5.74, 6) is 0.998. The van der Waals surface area contributed by atoms with E-state index in [0.29, 0.717) is 18.7 Å². The monoisotopic (exact) mass is 531 g/mol. The molecule has 1 aromatic heterocycles. The number of rotatable bonds is 7. The summed E-state index contributed by atoms with van der Waals surface area (Å²) >= 11 is 0. The van der Waals surface area contributed by atoms with Crippen molar-refractivity contribution >= 4 is 22.7 Å². The van der Waals surface area contributed by atoms with Crippen LogP contribution in [0.2, 0.25) is 0 Å². The number of hydrogen-bond donors (Lipinski definition) is 2. The average Bonchev–Trinajstić information content (AvgIpc) is 3.39. The molecular formula is C29H33N5O5. The van der Waals surface area contributed by atoms with Crippen LogP contribution in [0.25, 0.3) is 10.9 Å². The Morgan fingerprint density at radius 2 is 1.92 bits per heavy atom. The second-order valence-corrected chi connectivity index (χ2v) is 10.2. The van der Waals surface area contributed by atoms with Gasteiger partial charge in [-0.25, -0.2) is 5.48 Å². The van der Waals surface area contributed by atoms with Gasteiger partial charge in [-0.05, 0) is 47.9 Å². The van der Waals surface area contributed by atoms with Crippen molar-refractivity contribution in [1.29, 1.82) is 0 Å². The summed E-state index contributed by atoms with van der Waals surface area (Å²) in [4.78, 5) is 31.3. The van der Waals surface area contributed by atoms with E-state index in [2.05, 4.69) is 33.1 Å². The fourth-order valence-corrected chi connectivity index (χ4v) is 5.93. The quantitative estimate of drug-likeness (QED) is 0.357. The molecule has 1 unspecified atom stereocenters. The van der Waals surface area contributed by atoms with Crippen LogP contribution in [-0.4, -0.2) is 89.3 Å². The highest BCUT2D eigenvalue weighted by Gasteiger charge is 2.45. The first kappa shape index (κ1) is 25.4. The van der Waals surface area contributed by atoms with Crippen molar-refractivity contribution in [1.82, 2.24) is 24.7 Å². The first-order valence-corrected chi connectivity index (χ1v) is 13.3. The molecule has 4 heterocycles. The molecule has 0 spiro atoms. The van der Waals surface area contributed by atoms with Crippen molar-refractivity contribution in [2.45, 2.75) is 19.0 Å². The lowest BCUT2D eigenvalue weighted by atomic mass is 9.97. The van der Waals surface area contributed by atoms with E-state index in [9.17, 15) is 9.59 Å². The SMILES string of the molecule is C=C1N(C)C(=O)C2c3c(c4cc(OCCN5CCOCC5)ccc4n3Cc3ccc(C(=O)NO)cc3)CCN12. The molecule has 0 bridgehead atoms. The number of likely N-dealkylation sites (N-methyl/N-ethyl adjacent to an activating group) is 1. The number of ether oxygens (including phenoxy) is 2. The molecule has 0 saturated carbocycles. The Morgan fingerprint density at radius 3 is 2.67 bits per heavy atom. The Morgan fingerprint density at radius 1 is 1.15 bits per heavy atom. The number of fused-ring (bicyclic) bond motifs is 5. The topological polar surface area (TPSA) is 99.5 Å². The minimum atomic E-state index is -0.555. The largest absolute Gasteiger partial charge is 0.492 e. The molecule has 3 aliphatic heterocycles. The van der Waals surface area contributed by atoms with Gasteiger partial charge in [-0.1, -0.05) is 18.7 Å². The predicted octanol–water partition coefficient (Wildman–Crippen LogP) is 2.36. The van der Waals surface area contributed by atoms with Crippen LogP contribution in [0.15, 0.2) is 54.9 Å². The highest BCUT2D eigenvalue weighted by Crippen LogP contribution is 2.44. The zero-order chi connectivity index (χ0) is 27.1. The van der Waals surface area contributed by atoms with Crippen molar-refractivity contribution in [3.8, 4) is 5.75 Å². The Labute approximate surface area is 226 Å². The summed E-state index contributed by atoms with van der Waals surface area (Å²) in [5, 5.41) is 10.0. The van der Waals surface area contributed by atoms with Gasteiger partial charge in [0.25, 0.3) is 11.8 Å². The summed E-state index contributed by atoms with van der Waals surface area (Å²) in [6.45, 7) is 10.2. The van der Waals surface area contributed by atoms with E-state index >= 15 is 0 Å². The minimum absolute atomic E-state index is 0.0157. The second-order valence-electron chi connectivity index (χ2n) is 10.2. The van der Waals surface area contributed by atoms with Gasteiger partial charge in [0, 0.05) is 56.2 Å². The van der Waals surface area contributed by atoms with Crippen LogP contribution in [0.5, 0.6) is 5.75 Å². The van der Waals surface area contributed by atoms with Crippen LogP contribution in [0.3, 0.4) is 0 Å². The fraction of sp³-hybridized carbons (Fsp3) is 0.379. The zero-order valence-electron chi connectivity index (χ0n) is 22.1. The number of aromatic nitrogens is 1. The molecule has 3 aromatic rings. The van der Waals surface area contributed by atoms with E-state index < -0.39 is 11.9 Å². The van der Waals surface area contributed by atoms with Crippen molar-refractivity contribution in [2.24, 2.45) is 0 Å². The van der Waals surface area contributed by atoms with Gasteiger partial charge >= 0.3 is 0 Å². The number of carbonyl (C=O) groups excluding carboxylic acids is 2. The normalized spacial score (nSPS) is 19.4. The molecule has 3 aliphatic rings. The first-order valence-electron chi connectivity index (χ1n) is 13.3. The van der Waals surface area contributed by atoms with E-state index in [1.54, 1.807) is 29.6 Å². The second kappa shape index (κ2) is 10.4. The van der Waals surface area contributed by atoms with Gasteiger partial charge in [-0.2, -0.15) is 0 Å². The van der Waals surface area contributed by atoms with Crippen LogP contribution >= 0.6 is 0 Å². The maximum Gasteiger partial charge on any atom is 0.274 e. The Balaban J connectivity index is 1.35. The summed E-state index contributed by atoms with van der Waals surface area (Å²) in [6, 6.07) is 12.9. The molecule has 2 N–H and O–H groups in total. The third-order valence-electron chi connectivity index (χ3n) is 8.08. The van der Waals surface area contributed by atoms with Gasteiger partial charge < -0.3 is 18.9 Å². The molecule has 10 nitrogen and oxygen atoms in total. The highest BCUT2D eigenvalue weighted by molar-refractivity contribution is 5.94. The molecule has 1 atom stereocenters. The third kappa shape index (κ3) is 4.54. The van der Waals surface area contributed by atoms with Crippen molar-refractivity contribution in [2.75, 3.05) is 53.0 Å². The van der Waals surface area contributed by atoms with Crippen molar-refractivity contribution < 1.29 is 24.3 Å². The Hall–Kier alpha value is -3.86. The highest BCUT2D eigenvalue weighted by atomic mass is 16.5. The molecule has 2 saturated heterocycles. The van der Waals surface area contributed by atoms with Crippen LogP contribution < -0.4 is 10.2 Å². The third-order valence-corrected chi connectivity index (χ3v) is 8.08. The van der Waals surface area contributed by atoms with Gasteiger partial charge in [0.15, 0.2) is 6.04 Å². The van der Waals surface area contributed by atoms with Crippen LogP contribution in [0.4, 0.5) is 0 Å². The first-order chi connectivity index (χ1) is 19.0. The average molecular weight is 532 g/mol. The van der Waals surface area contributed by atoms with Gasteiger partial charge in [-0.15, -0.1) is 0 Å². The molecule has 2 amide bonds. The minimum Gasteiger partial charge on any atom is -0.492 e. The zero-order valence-corrected chi connectivity index (χ0v) is 22.1. The van der Waals surface area contributed by atoms with E-state index in [-0.39, 0.29) is 5.91 Å². The standard InChI is InChI=1S/C29H33N5O5/c1-19-31(2)29(36)27-26-23(9-10-33(19)27)24-17-22(39-16-13-32-11-14-38-15-12-32)7-8-25(24)34(26)18-20-3-5-21(6-4-20)28(35)30-37/h3-8,17,27,37H,1,9-16,18H2,2H3,(H,30,35). The number of carbonyl (C=O) groups is 2. The predicted molar refractivity (Wildman–Crippen MR) is 145 cm³/mol. The van der Waals surface area contributed by atoms with Crippen molar-refractivity contribution in [3.63, 3.8) is 0 Å². The van der Waals surface area contributed by atoms with Gasteiger partial charge in [-0.3, -0.25) is 24.6 Å². The molecule has 39 heavy (non-hydrogen) atoms. The summed E-state index contributed by atoms with van der Waals surface area (Å²) < 4.78 is 13.8. The maximum atomic E-state index is 13.4. The molecule has 2 fully saturated rings. The van der Waals surface area contributed by atoms with E-state index in [1.165, 1.54) is 0 Å². The van der Waals surface area contributed by atoms with E-state index in [0.717, 1.165) is 85.1 Å². The molecule has 10 heteroatoms. The van der Waals surface area contributed by atoms with Gasteiger partial charge in [0.2, 0.25) is 0 Å². The maximum absolute atomic E-state index is 13.4. The number of hydroxylamine groups is 1. The van der Waals surface area contributed by atoms with E-state index in [4.69, 9.17) is 14.7 Å². The van der Waals surface area contributed by atoms with Crippen LogP contribution in [0.1, 0.15) is 33.2 Å². The lowest BCUT2D eigenvalue weighted by molar-refractivity contribution is -0.128. The Bertz CT molecular complexity index is 1430. The van der Waals surface area contributed by atoms with Crippen molar-refractivity contribution in [3.05, 3.63) is 77.2 Å². The number of benzene rings is 2. The Kier molecular flexibility index (Phi) is 6.76. The number of nitrogens with one attached hydrogen (secondary N) is 1. The number of amides is 2. The summed E-state index contributed by atoms with van der Waals surface area (Å²) in [6.07, 6.45) is 0.794. The molecule has 6 rings (SSSR count). The van der Waals surface area contributed by atoms with Gasteiger partial charge in [0.1, 0.15) is 18.2 Å².